The Morgan fingerprint density at radius 3 is 2.62 bits per heavy atom. The van der Waals surface area contributed by atoms with Gasteiger partial charge in [0.05, 0.1) is 17.5 Å². The van der Waals surface area contributed by atoms with Gasteiger partial charge in [-0.2, -0.15) is 5.10 Å². The Hall–Kier alpha value is -3.65. The molecule has 1 aliphatic heterocycles. The van der Waals surface area contributed by atoms with Gasteiger partial charge in [0.1, 0.15) is 18.2 Å². The summed E-state index contributed by atoms with van der Waals surface area (Å²) in [5.74, 6) is 1.11. The van der Waals surface area contributed by atoms with E-state index >= 15 is 0 Å². The number of fused-ring (bicyclic) bond motifs is 1. The van der Waals surface area contributed by atoms with E-state index in [1.165, 1.54) is 6.20 Å². The van der Waals surface area contributed by atoms with E-state index in [-0.39, 0.29) is 5.91 Å². The van der Waals surface area contributed by atoms with Crippen LogP contribution < -0.4 is 14.8 Å². The van der Waals surface area contributed by atoms with Crippen LogP contribution in [0.3, 0.4) is 0 Å². The van der Waals surface area contributed by atoms with Crippen LogP contribution in [0.1, 0.15) is 10.4 Å². The molecule has 2 aromatic heterocycles. The van der Waals surface area contributed by atoms with Gasteiger partial charge in [0, 0.05) is 28.4 Å². The van der Waals surface area contributed by atoms with E-state index in [4.69, 9.17) is 9.47 Å². The third-order valence-corrected chi connectivity index (χ3v) is 5.36. The molecule has 0 atom stereocenters. The maximum Gasteiger partial charge on any atom is 0.259 e. The molecule has 0 unspecified atom stereocenters. The number of anilines is 1. The van der Waals surface area contributed by atoms with Gasteiger partial charge in [-0.25, -0.2) is 4.98 Å². The molecule has 7 nitrogen and oxygen atoms in total. The average molecular weight is 404 g/mol. The van der Waals surface area contributed by atoms with Gasteiger partial charge in [-0.05, 0) is 42.5 Å². The van der Waals surface area contributed by atoms with Crippen LogP contribution in [0.25, 0.3) is 21.8 Å². The predicted molar refractivity (Wildman–Crippen MR) is 111 cm³/mol. The van der Waals surface area contributed by atoms with Gasteiger partial charge in [-0.15, -0.1) is 11.3 Å². The molecule has 5 rings (SSSR count). The molecule has 0 aliphatic carbocycles. The fourth-order valence-electron chi connectivity index (χ4n) is 3.14. The number of carbonyl (C=O) groups excluding carboxylic acids is 1. The number of nitrogens with one attached hydrogen (secondary N) is 2. The van der Waals surface area contributed by atoms with Crippen LogP contribution >= 0.6 is 11.3 Å². The van der Waals surface area contributed by atoms with Crippen molar-refractivity contribution in [2.45, 2.75) is 0 Å². The highest BCUT2D eigenvalue weighted by atomic mass is 32.1. The Kier molecular flexibility index (Phi) is 4.45. The molecule has 8 heteroatoms. The summed E-state index contributed by atoms with van der Waals surface area (Å²) in [6, 6.07) is 13.2. The van der Waals surface area contributed by atoms with Crippen molar-refractivity contribution < 1.29 is 14.3 Å². The molecular weight excluding hydrogens is 388 g/mol. The highest BCUT2D eigenvalue weighted by Gasteiger charge is 2.18. The second-order valence-corrected chi connectivity index (χ2v) is 7.28. The minimum absolute atomic E-state index is 0.245. The van der Waals surface area contributed by atoms with Crippen LogP contribution in [0.5, 0.6) is 11.5 Å². The van der Waals surface area contributed by atoms with Gasteiger partial charge in [0.2, 0.25) is 0 Å². The lowest BCUT2D eigenvalue weighted by Crippen LogP contribution is -2.15. The fourth-order valence-corrected chi connectivity index (χ4v) is 3.78. The Morgan fingerprint density at radius 1 is 1.03 bits per heavy atom. The largest absolute Gasteiger partial charge is 0.486 e. The standard InChI is InChI=1S/C21H16N4O3S/c26-20(24-15-4-1-13(2-5-15)21-22-7-10-29-21)16-12-23-25-19(16)14-3-6-17-18(11-14)28-9-8-27-17/h1-7,10-12H,8-9H2,(H,23,25)(H,24,26). The number of thiazole rings is 1. The van der Waals surface area contributed by atoms with Crippen molar-refractivity contribution in [3.8, 4) is 33.3 Å². The third kappa shape index (κ3) is 3.45. The second-order valence-electron chi connectivity index (χ2n) is 6.39. The lowest BCUT2D eigenvalue weighted by molar-refractivity contribution is 0.102. The van der Waals surface area contributed by atoms with Crippen molar-refractivity contribution >= 4 is 22.9 Å². The van der Waals surface area contributed by atoms with Gasteiger partial charge in [0.15, 0.2) is 11.5 Å². The van der Waals surface area contributed by atoms with Gasteiger partial charge < -0.3 is 14.8 Å². The van der Waals surface area contributed by atoms with Gasteiger partial charge in [0.25, 0.3) is 5.91 Å². The van der Waals surface area contributed by atoms with Crippen LogP contribution in [0.4, 0.5) is 5.69 Å². The SMILES string of the molecule is O=C(Nc1ccc(-c2nccs2)cc1)c1cn[nH]c1-c1ccc2c(c1)OCCO2. The van der Waals surface area contributed by atoms with Crippen molar-refractivity contribution in [1.29, 1.82) is 0 Å². The van der Waals surface area contributed by atoms with Crippen molar-refractivity contribution in [2.24, 2.45) is 0 Å². The summed E-state index contributed by atoms with van der Waals surface area (Å²) >= 11 is 1.57. The zero-order chi connectivity index (χ0) is 19.6. The van der Waals surface area contributed by atoms with E-state index in [1.807, 2.05) is 47.8 Å². The number of benzene rings is 2. The summed E-state index contributed by atoms with van der Waals surface area (Å²) in [6.45, 7) is 1.04. The molecule has 3 heterocycles. The molecule has 2 N–H and O–H groups in total. The topological polar surface area (TPSA) is 89.1 Å². The van der Waals surface area contributed by atoms with Crippen LogP contribution in [-0.4, -0.2) is 34.3 Å². The number of H-pyrrole nitrogens is 1. The van der Waals surface area contributed by atoms with Crippen molar-refractivity contribution in [2.75, 3.05) is 18.5 Å². The zero-order valence-electron chi connectivity index (χ0n) is 15.2. The summed E-state index contributed by atoms with van der Waals surface area (Å²) in [4.78, 5) is 17.1. The Bertz CT molecular complexity index is 1150. The second kappa shape index (κ2) is 7.40. The van der Waals surface area contributed by atoms with Crippen LogP contribution in [0.2, 0.25) is 0 Å². The number of ether oxygens (including phenoxy) is 2. The van der Waals surface area contributed by atoms with Crippen molar-refractivity contribution in [3.63, 3.8) is 0 Å². The molecule has 0 spiro atoms. The summed E-state index contributed by atoms with van der Waals surface area (Å²) < 4.78 is 11.2. The zero-order valence-corrected chi connectivity index (χ0v) is 16.0. The normalized spacial score (nSPS) is 12.6. The summed E-state index contributed by atoms with van der Waals surface area (Å²) in [6.07, 6.45) is 3.29. The molecule has 29 heavy (non-hydrogen) atoms. The van der Waals surface area contributed by atoms with Gasteiger partial charge >= 0.3 is 0 Å². The molecular formula is C21H16N4O3S. The highest BCUT2D eigenvalue weighted by molar-refractivity contribution is 7.13. The third-order valence-electron chi connectivity index (χ3n) is 4.54. The first-order valence-electron chi connectivity index (χ1n) is 9.02. The molecule has 1 aliphatic rings. The van der Waals surface area contributed by atoms with Crippen LogP contribution in [0.15, 0.2) is 60.2 Å². The molecule has 4 aromatic rings. The van der Waals surface area contributed by atoms with E-state index in [2.05, 4.69) is 20.5 Å². The number of amides is 1. The number of carbonyl (C=O) groups is 1. The molecule has 0 fully saturated rings. The summed E-state index contributed by atoms with van der Waals surface area (Å²) in [7, 11) is 0. The maximum absolute atomic E-state index is 12.8. The average Bonchev–Trinajstić information content (AvgIpc) is 3.46. The molecule has 0 radical (unpaired) electrons. The Labute approximate surface area is 170 Å². The smallest absolute Gasteiger partial charge is 0.259 e. The summed E-state index contributed by atoms with van der Waals surface area (Å²) in [5, 5.41) is 12.8. The monoisotopic (exact) mass is 404 g/mol. The Morgan fingerprint density at radius 2 is 1.83 bits per heavy atom. The van der Waals surface area contributed by atoms with Gasteiger partial charge in [-0.3, -0.25) is 9.89 Å². The predicted octanol–water partition coefficient (Wildman–Crippen LogP) is 4.22. The number of rotatable bonds is 4. The fraction of sp³-hybridized carbons (Fsp3) is 0.0952. The van der Waals surface area contributed by atoms with Crippen molar-refractivity contribution in [1.82, 2.24) is 15.2 Å². The van der Waals surface area contributed by atoms with Gasteiger partial charge in [-0.1, -0.05) is 0 Å². The minimum Gasteiger partial charge on any atom is -0.486 e. The number of nitrogens with zero attached hydrogens (tertiary/aromatic N) is 2. The highest BCUT2D eigenvalue weighted by Crippen LogP contribution is 2.35. The van der Waals surface area contributed by atoms with E-state index < -0.39 is 0 Å². The first kappa shape index (κ1) is 17.4. The molecule has 2 aromatic carbocycles. The number of hydrogen-bond acceptors (Lipinski definition) is 6. The summed E-state index contributed by atoms with van der Waals surface area (Å²) in [5.41, 5.74) is 3.59. The first-order valence-corrected chi connectivity index (χ1v) is 9.90. The number of hydrogen-bond donors (Lipinski definition) is 2. The lowest BCUT2D eigenvalue weighted by atomic mass is 10.1. The molecule has 0 saturated heterocycles. The lowest BCUT2D eigenvalue weighted by Gasteiger charge is -2.18. The van der Waals surface area contributed by atoms with E-state index in [9.17, 15) is 4.79 Å². The number of aromatic nitrogens is 3. The van der Waals surface area contributed by atoms with Crippen LogP contribution in [0, 0.1) is 0 Å². The Balaban J connectivity index is 1.37. The van der Waals surface area contributed by atoms with E-state index in [1.54, 1.807) is 17.5 Å². The minimum atomic E-state index is -0.245. The van der Waals surface area contributed by atoms with E-state index in [0.717, 1.165) is 16.1 Å². The van der Waals surface area contributed by atoms with Crippen LogP contribution in [-0.2, 0) is 0 Å². The van der Waals surface area contributed by atoms with E-state index in [0.29, 0.717) is 41.7 Å². The quantitative estimate of drug-likeness (QED) is 0.532. The molecule has 0 saturated carbocycles. The molecule has 0 bridgehead atoms. The number of aromatic amines is 1. The van der Waals surface area contributed by atoms with Crippen molar-refractivity contribution in [3.05, 3.63) is 65.8 Å². The first-order chi connectivity index (χ1) is 14.3. The molecule has 1 amide bonds. The maximum atomic E-state index is 12.8. The molecule has 144 valence electrons.